The van der Waals surface area contributed by atoms with Gasteiger partial charge >= 0.3 is 6.03 Å². The second-order valence-corrected chi connectivity index (χ2v) is 6.27. The van der Waals surface area contributed by atoms with Crippen molar-refractivity contribution in [2.24, 2.45) is 0 Å². The Balaban J connectivity index is 2.80. The molecule has 7 heteroatoms. The predicted molar refractivity (Wildman–Crippen MR) is 83.7 cm³/mol. The summed E-state index contributed by atoms with van der Waals surface area (Å²) in [5.74, 6) is 0. The molecule has 0 unspecified atom stereocenters. The molecule has 1 aromatic rings. The quantitative estimate of drug-likeness (QED) is 0.754. The summed E-state index contributed by atoms with van der Waals surface area (Å²) < 4.78 is 25.5. The highest BCUT2D eigenvalue weighted by atomic mass is 32.2. The molecule has 21 heavy (non-hydrogen) atoms. The van der Waals surface area contributed by atoms with E-state index in [1.54, 1.807) is 6.08 Å². The summed E-state index contributed by atoms with van der Waals surface area (Å²) in [7, 11) is -2.06. The largest absolute Gasteiger partial charge is 0.334 e. The molecule has 0 saturated carbocycles. The maximum atomic E-state index is 12.2. The number of sulfonamides is 1. The standard InChI is InChI=1S/C14H19N3O3S/c1-4-10-15-14(18)16-12-6-8-13(9-7-12)21(19,20)17(3)11-5-2/h4-9H,1-2,10-11H2,3H3,(H2,15,16,18). The monoisotopic (exact) mass is 309 g/mol. The number of carbonyl (C=O) groups excluding carboxylic acids is 1. The maximum absolute atomic E-state index is 12.2. The third-order valence-corrected chi connectivity index (χ3v) is 4.45. The van der Waals surface area contributed by atoms with E-state index in [-0.39, 0.29) is 17.5 Å². The van der Waals surface area contributed by atoms with Crippen molar-refractivity contribution in [1.82, 2.24) is 9.62 Å². The first-order valence-corrected chi connectivity index (χ1v) is 7.69. The van der Waals surface area contributed by atoms with Gasteiger partial charge < -0.3 is 10.6 Å². The first-order chi connectivity index (χ1) is 9.91. The van der Waals surface area contributed by atoms with Gasteiger partial charge in [-0.05, 0) is 24.3 Å². The van der Waals surface area contributed by atoms with Crippen LogP contribution in [0.2, 0.25) is 0 Å². The number of amides is 2. The van der Waals surface area contributed by atoms with E-state index >= 15 is 0 Å². The molecule has 0 bridgehead atoms. The lowest BCUT2D eigenvalue weighted by atomic mass is 10.3. The summed E-state index contributed by atoms with van der Waals surface area (Å²) in [5, 5.41) is 5.14. The Labute approximate surface area is 125 Å². The van der Waals surface area contributed by atoms with Gasteiger partial charge in [-0.2, -0.15) is 4.31 Å². The highest BCUT2D eigenvalue weighted by Crippen LogP contribution is 2.17. The van der Waals surface area contributed by atoms with E-state index in [9.17, 15) is 13.2 Å². The lowest BCUT2D eigenvalue weighted by Gasteiger charge is -2.15. The van der Waals surface area contributed by atoms with Gasteiger partial charge in [-0.25, -0.2) is 13.2 Å². The van der Waals surface area contributed by atoms with E-state index in [1.165, 1.54) is 41.7 Å². The second-order valence-electron chi connectivity index (χ2n) is 4.22. The molecule has 6 nitrogen and oxygen atoms in total. The van der Waals surface area contributed by atoms with Crippen LogP contribution in [0.25, 0.3) is 0 Å². The van der Waals surface area contributed by atoms with Crippen LogP contribution in [0.3, 0.4) is 0 Å². The molecule has 114 valence electrons. The van der Waals surface area contributed by atoms with Gasteiger partial charge in [0, 0.05) is 25.8 Å². The van der Waals surface area contributed by atoms with Crippen LogP contribution in [0.15, 0.2) is 54.5 Å². The van der Waals surface area contributed by atoms with Crippen molar-refractivity contribution < 1.29 is 13.2 Å². The lowest BCUT2D eigenvalue weighted by molar-refractivity contribution is 0.253. The van der Waals surface area contributed by atoms with Crippen LogP contribution in [-0.2, 0) is 10.0 Å². The van der Waals surface area contributed by atoms with Crippen molar-refractivity contribution in [1.29, 1.82) is 0 Å². The number of urea groups is 1. The molecule has 0 saturated heterocycles. The normalized spacial score (nSPS) is 11.0. The highest BCUT2D eigenvalue weighted by Gasteiger charge is 2.19. The zero-order valence-electron chi connectivity index (χ0n) is 11.9. The molecule has 0 atom stereocenters. The van der Waals surface area contributed by atoms with Crippen LogP contribution < -0.4 is 10.6 Å². The molecule has 0 aliphatic rings. The minimum atomic E-state index is -3.54. The molecule has 0 heterocycles. The Morgan fingerprint density at radius 2 is 1.86 bits per heavy atom. The second kappa shape index (κ2) is 7.61. The van der Waals surface area contributed by atoms with Crippen LogP contribution in [0.4, 0.5) is 10.5 Å². The third kappa shape index (κ3) is 4.73. The van der Waals surface area contributed by atoms with E-state index < -0.39 is 10.0 Å². The molecular formula is C14H19N3O3S. The average molecular weight is 309 g/mol. The van der Waals surface area contributed by atoms with Crippen molar-refractivity contribution in [3.63, 3.8) is 0 Å². The molecule has 2 amide bonds. The first-order valence-electron chi connectivity index (χ1n) is 6.25. The fourth-order valence-corrected chi connectivity index (χ4v) is 2.65. The Hall–Kier alpha value is -2.12. The van der Waals surface area contributed by atoms with Crippen LogP contribution in [-0.4, -0.2) is 38.9 Å². The van der Waals surface area contributed by atoms with E-state index in [2.05, 4.69) is 23.8 Å². The van der Waals surface area contributed by atoms with Crippen LogP contribution in [0.5, 0.6) is 0 Å². The summed E-state index contributed by atoms with van der Waals surface area (Å²) in [6.07, 6.45) is 3.07. The smallest absolute Gasteiger partial charge is 0.319 e. The van der Waals surface area contributed by atoms with Gasteiger partial charge in [0.15, 0.2) is 0 Å². The van der Waals surface area contributed by atoms with Crippen LogP contribution in [0.1, 0.15) is 0 Å². The predicted octanol–water partition coefficient (Wildman–Crippen LogP) is 1.80. The van der Waals surface area contributed by atoms with E-state index in [1.807, 2.05) is 0 Å². The minimum Gasteiger partial charge on any atom is -0.334 e. The van der Waals surface area contributed by atoms with Gasteiger partial charge in [0.25, 0.3) is 0 Å². The molecule has 0 aliphatic heterocycles. The zero-order valence-corrected chi connectivity index (χ0v) is 12.7. The zero-order chi connectivity index (χ0) is 15.9. The molecule has 0 aliphatic carbocycles. The topological polar surface area (TPSA) is 78.5 Å². The summed E-state index contributed by atoms with van der Waals surface area (Å²) >= 11 is 0. The molecule has 1 aromatic carbocycles. The van der Waals surface area contributed by atoms with Crippen molar-refractivity contribution in [3.05, 3.63) is 49.6 Å². The van der Waals surface area contributed by atoms with Gasteiger partial charge in [-0.15, -0.1) is 13.2 Å². The lowest BCUT2D eigenvalue weighted by Crippen LogP contribution is -2.29. The number of anilines is 1. The Kier molecular flexibility index (Phi) is 6.13. The van der Waals surface area contributed by atoms with Crippen molar-refractivity contribution >= 4 is 21.7 Å². The highest BCUT2D eigenvalue weighted by molar-refractivity contribution is 7.89. The van der Waals surface area contributed by atoms with Crippen molar-refractivity contribution in [2.45, 2.75) is 4.90 Å². The minimum absolute atomic E-state index is 0.156. The summed E-state index contributed by atoms with van der Waals surface area (Å²) in [4.78, 5) is 11.6. The summed E-state index contributed by atoms with van der Waals surface area (Å²) in [5.41, 5.74) is 0.502. The number of likely N-dealkylation sites (N-methyl/N-ethyl adjacent to an activating group) is 1. The molecule has 0 spiro atoms. The number of carbonyl (C=O) groups is 1. The van der Waals surface area contributed by atoms with Gasteiger partial charge in [0.2, 0.25) is 10.0 Å². The van der Waals surface area contributed by atoms with E-state index in [0.29, 0.717) is 12.2 Å². The number of benzene rings is 1. The van der Waals surface area contributed by atoms with Crippen LogP contribution >= 0.6 is 0 Å². The Morgan fingerprint density at radius 3 is 2.38 bits per heavy atom. The number of hydrogen-bond acceptors (Lipinski definition) is 3. The molecule has 0 radical (unpaired) electrons. The summed E-state index contributed by atoms with van der Waals surface area (Å²) in [6.45, 7) is 7.58. The number of hydrogen-bond donors (Lipinski definition) is 2. The van der Waals surface area contributed by atoms with Crippen molar-refractivity contribution in [2.75, 3.05) is 25.5 Å². The maximum Gasteiger partial charge on any atom is 0.319 e. The third-order valence-electron chi connectivity index (χ3n) is 2.61. The number of nitrogens with one attached hydrogen (secondary N) is 2. The van der Waals surface area contributed by atoms with Gasteiger partial charge in [-0.1, -0.05) is 12.2 Å². The molecule has 1 rings (SSSR count). The fourth-order valence-electron chi connectivity index (χ4n) is 1.51. The SMILES string of the molecule is C=CCNC(=O)Nc1ccc(S(=O)(=O)N(C)CC=C)cc1. The molecule has 2 N–H and O–H groups in total. The molecule has 0 fully saturated rings. The average Bonchev–Trinajstić information content (AvgIpc) is 2.46. The molecular weight excluding hydrogens is 290 g/mol. The fraction of sp³-hybridized carbons (Fsp3) is 0.214. The van der Waals surface area contributed by atoms with Crippen LogP contribution in [0, 0.1) is 0 Å². The first kappa shape index (κ1) is 16.9. The molecule has 0 aromatic heterocycles. The number of nitrogens with zero attached hydrogens (tertiary/aromatic N) is 1. The Morgan fingerprint density at radius 1 is 1.24 bits per heavy atom. The number of rotatable bonds is 7. The Bertz CT molecular complexity index is 609. The van der Waals surface area contributed by atoms with E-state index in [0.717, 1.165) is 0 Å². The van der Waals surface area contributed by atoms with Gasteiger partial charge in [0.1, 0.15) is 0 Å². The van der Waals surface area contributed by atoms with Crippen molar-refractivity contribution in [3.8, 4) is 0 Å². The van der Waals surface area contributed by atoms with Gasteiger partial charge in [-0.3, -0.25) is 0 Å². The van der Waals surface area contributed by atoms with Gasteiger partial charge in [0.05, 0.1) is 4.90 Å². The van der Waals surface area contributed by atoms with E-state index in [4.69, 9.17) is 0 Å². The summed E-state index contributed by atoms with van der Waals surface area (Å²) in [6, 6.07) is 5.56.